The van der Waals surface area contributed by atoms with Crippen molar-refractivity contribution in [2.75, 3.05) is 39.8 Å². The lowest BCUT2D eigenvalue weighted by Gasteiger charge is -2.41. The summed E-state index contributed by atoms with van der Waals surface area (Å²) in [6, 6.07) is 1.42. The Labute approximate surface area is 116 Å². The van der Waals surface area contributed by atoms with E-state index in [0.717, 1.165) is 26.2 Å². The van der Waals surface area contributed by atoms with Crippen LogP contribution in [0.3, 0.4) is 0 Å². The van der Waals surface area contributed by atoms with Gasteiger partial charge in [-0.05, 0) is 39.7 Å². The summed E-state index contributed by atoms with van der Waals surface area (Å²) in [6.07, 6.45) is 4.97. The largest absolute Gasteiger partial charge is 0.450 e. The summed E-state index contributed by atoms with van der Waals surface area (Å²) in [7, 11) is 2.06. The van der Waals surface area contributed by atoms with Gasteiger partial charge in [0.25, 0.3) is 0 Å². The molecule has 110 valence electrons. The lowest BCUT2D eigenvalue weighted by molar-refractivity contribution is 0.0560. The minimum atomic E-state index is -0.152. The van der Waals surface area contributed by atoms with Crippen LogP contribution >= 0.6 is 0 Å². The molecular formula is C14H27N3O2. The quantitative estimate of drug-likeness (QED) is 0.838. The molecule has 19 heavy (non-hydrogen) atoms. The first-order valence-corrected chi connectivity index (χ1v) is 7.57. The molecule has 2 rings (SSSR count). The first-order chi connectivity index (χ1) is 9.24. The molecule has 1 saturated carbocycles. The van der Waals surface area contributed by atoms with Crippen LogP contribution in [-0.4, -0.2) is 67.8 Å². The van der Waals surface area contributed by atoms with E-state index in [2.05, 4.69) is 17.3 Å². The second-order valence-corrected chi connectivity index (χ2v) is 5.52. The van der Waals surface area contributed by atoms with Gasteiger partial charge in [-0.15, -0.1) is 0 Å². The van der Waals surface area contributed by atoms with E-state index in [1.165, 1.54) is 25.7 Å². The Morgan fingerprint density at radius 1 is 1.16 bits per heavy atom. The fourth-order valence-electron chi connectivity index (χ4n) is 3.21. The van der Waals surface area contributed by atoms with Crippen molar-refractivity contribution in [3.8, 4) is 0 Å². The minimum Gasteiger partial charge on any atom is -0.450 e. The van der Waals surface area contributed by atoms with Gasteiger partial charge in [0.05, 0.1) is 6.61 Å². The number of ether oxygens (including phenoxy) is 1. The van der Waals surface area contributed by atoms with E-state index in [4.69, 9.17) is 4.74 Å². The zero-order valence-corrected chi connectivity index (χ0v) is 12.2. The zero-order valence-electron chi connectivity index (χ0n) is 12.2. The van der Waals surface area contributed by atoms with Crippen LogP contribution < -0.4 is 5.32 Å². The third kappa shape index (κ3) is 3.83. The normalized spacial score (nSPS) is 29.3. The number of piperazine rings is 1. The molecule has 1 amide bonds. The molecule has 0 bridgehead atoms. The summed E-state index contributed by atoms with van der Waals surface area (Å²) >= 11 is 0. The van der Waals surface area contributed by atoms with E-state index in [1.54, 1.807) is 0 Å². The Bertz CT molecular complexity index is 282. The minimum absolute atomic E-state index is 0.152. The van der Waals surface area contributed by atoms with Gasteiger partial charge in [-0.2, -0.15) is 0 Å². The average Bonchev–Trinajstić information content (AvgIpc) is 2.48. The van der Waals surface area contributed by atoms with Gasteiger partial charge in [0, 0.05) is 38.3 Å². The van der Waals surface area contributed by atoms with Crippen molar-refractivity contribution < 1.29 is 9.53 Å². The van der Waals surface area contributed by atoms with Crippen LogP contribution in [0.25, 0.3) is 0 Å². The van der Waals surface area contributed by atoms with Crippen molar-refractivity contribution in [2.24, 2.45) is 0 Å². The molecule has 1 aliphatic heterocycles. The highest BCUT2D eigenvalue weighted by atomic mass is 16.6. The van der Waals surface area contributed by atoms with Gasteiger partial charge in [0.1, 0.15) is 0 Å². The van der Waals surface area contributed by atoms with E-state index >= 15 is 0 Å². The highest BCUT2D eigenvalue weighted by Gasteiger charge is 2.29. The monoisotopic (exact) mass is 269 g/mol. The number of rotatable bonds is 3. The van der Waals surface area contributed by atoms with Crippen LogP contribution in [0.2, 0.25) is 0 Å². The number of hydrogen-bond acceptors (Lipinski definition) is 4. The molecule has 1 aliphatic carbocycles. The van der Waals surface area contributed by atoms with Gasteiger partial charge >= 0.3 is 6.09 Å². The van der Waals surface area contributed by atoms with E-state index in [1.807, 2.05) is 11.8 Å². The molecular weight excluding hydrogens is 242 g/mol. The van der Waals surface area contributed by atoms with E-state index in [9.17, 15) is 4.79 Å². The van der Waals surface area contributed by atoms with Gasteiger partial charge in [-0.25, -0.2) is 4.79 Å². The summed E-state index contributed by atoms with van der Waals surface area (Å²) in [5, 5.41) is 3.38. The zero-order chi connectivity index (χ0) is 13.7. The molecule has 0 atom stereocenters. The third-order valence-electron chi connectivity index (χ3n) is 4.46. The Morgan fingerprint density at radius 3 is 2.32 bits per heavy atom. The summed E-state index contributed by atoms with van der Waals surface area (Å²) < 4.78 is 5.05. The average molecular weight is 269 g/mol. The van der Waals surface area contributed by atoms with Gasteiger partial charge < -0.3 is 15.0 Å². The van der Waals surface area contributed by atoms with Crippen molar-refractivity contribution in [1.29, 1.82) is 0 Å². The van der Waals surface area contributed by atoms with Crippen LogP contribution in [0.5, 0.6) is 0 Å². The van der Waals surface area contributed by atoms with Crippen LogP contribution in [0, 0.1) is 0 Å². The van der Waals surface area contributed by atoms with Crippen molar-refractivity contribution in [1.82, 2.24) is 15.1 Å². The number of carbonyl (C=O) groups is 1. The predicted molar refractivity (Wildman–Crippen MR) is 75.3 cm³/mol. The highest BCUT2D eigenvalue weighted by Crippen LogP contribution is 2.24. The number of carbonyl (C=O) groups excluding carboxylic acids is 1. The Kier molecular flexibility index (Phi) is 5.45. The topological polar surface area (TPSA) is 44.8 Å². The lowest BCUT2D eigenvalue weighted by Crippen LogP contribution is -2.53. The molecule has 2 aliphatic rings. The number of nitrogens with zero attached hydrogens (tertiary/aromatic N) is 2. The molecule has 0 aromatic carbocycles. The van der Waals surface area contributed by atoms with Crippen LogP contribution in [-0.2, 0) is 4.74 Å². The fourth-order valence-corrected chi connectivity index (χ4v) is 3.21. The Hall–Kier alpha value is -0.810. The third-order valence-corrected chi connectivity index (χ3v) is 4.46. The molecule has 5 heteroatoms. The predicted octanol–water partition coefficient (Wildman–Crippen LogP) is 1.29. The van der Waals surface area contributed by atoms with Gasteiger partial charge in [0.2, 0.25) is 0 Å². The number of hydrogen-bond donors (Lipinski definition) is 1. The molecule has 0 unspecified atom stereocenters. The molecule has 0 aromatic rings. The van der Waals surface area contributed by atoms with Crippen LogP contribution in [0.1, 0.15) is 32.6 Å². The second-order valence-electron chi connectivity index (χ2n) is 5.52. The summed E-state index contributed by atoms with van der Waals surface area (Å²) in [5.41, 5.74) is 0. The molecule has 0 radical (unpaired) electrons. The molecule has 1 N–H and O–H groups in total. The standard InChI is InChI=1S/C14H27N3O2/c1-3-19-14(18)17-10-8-16(9-11-17)13-6-4-12(15-2)5-7-13/h12-13,15H,3-11H2,1-2H3. The maximum atomic E-state index is 11.6. The first-order valence-electron chi connectivity index (χ1n) is 7.57. The van der Waals surface area contributed by atoms with Gasteiger partial charge in [0.15, 0.2) is 0 Å². The van der Waals surface area contributed by atoms with Crippen molar-refractivity contribution in [2.45, 2.75) is 44.7 Å². The van der Waals surface area contributed by atoms with Gasteiger partial charge in [-0.3, -0.25) is 4.90 Å². The Balaban J connectivity index is 1.73. The highest BCUT2D eigenvalue weighted by molar-refractivity contribution is 5.67. The first kappa shape index (κ1) is 14.6. The van der Waals surface area contributed by atoms with Crippen molar-refractivity contribution in [3.63, 3.8) is 0 Å². The molecule has 0 spiro atoms. The smallest absolute Gasteiger partial charge is 0.409 e. The van der Waals surface area contributed by atoms with Crippen molar-refractivity contribution in [3.05, 3.63) is 0 Å². The lowest BCUT2D eigenvalue weighted by atomic mass is 9.90. The van der Waals surface area contributed by atoms with E-state index in [0.29, 0.717) is 18.7 Å². The van der Waals surface area contributed by atoms with E-state index < -0.39 is 0 Å². The molecule has 5 nitrogen and oxygen atoms in total. The molecule has 1 heterocycles. The molecule has 0 aromatic heterocycles. The van der Waals surface area contributed by atoms with Crippen molar-refractivity contribution >= 4 is 6.09 Å². The summed E-state index contributed by atoms with van der Waals surface area (Å²) in [6.45, 7) is 5.93. The summed E-state index contributed by atoms with van der Waals surface area (Å²) in [5.74, 6) is 0. The molecule has 1 saturated heterocycles. The van der Waals surface area contributed by atoms with E-state index in [-0.39, 0.29) is 6.09 Å². The maximum absolute atomic E-state index is 11.6. The van der Waals surface area contributed by atoms with Crippen LogP contribution in [0.15, 0.2) is 0 Å². The Morgan fingerprint density at radius 2 is 1.79 bits per heavy atom. The van der Waals surface area contributed by atoms with Gasteiger partial charge in [-0.1, -0.05) is 0 Å². The fraction of sp³-hybridized carbons (Fsp3) is 0.929. The molecule has 2 fully saturated rings. The summed E-state index contributed by atoms with van der Waals surface area (Å²) in [4.78, 5) is 16.0. The SMILES string of the molecule is CCOC(=O)N1CCN(C2CCC(NC)CC2)CC1. The maximum Gasteiger partial charge on any atom is 0.409 e. The number of nitrogens with one attached hydrogen (secondary N) is 1. The van der Waals surface area contributed by atoms with Crippen LogP contribution in [0.4, 0.5) is 4.79 Å². The second kappa shape index (κ2) is 7.10. The number of amides is 1.